The second-order valence-corrected chi connectivity index (χ2v) is 3.33. The lowest BCUT2D eigenvalue weighted by Gasteiger charge is -2.18. The Balaban J connectivity index is 2.17. The quantitative estimate of drug-likeness (QED) is 0.498. The van der Waals surface area contributed by atoms with Gasteiger partial charge < -0.3 is 0 Å². The molecule has 0 radical (unpaired) electrons. The minimum Gasteiger partial charge on any atom is -0.295 e. The number of fused-ring (bicyclic) bond motifs is 1. The lowest BCUT2D eigenvalue weighted by molar-refractivity contribution is -0.114. The highest BCUT2D eigenvalue weighted by atomic mass is 16.1. The third kappa shape index (κ3) is 0.898. The first-order valence-electron chi connectivity index (χ1n) is 4.09. The fourth-order valence-electron chi connectivity index (χ4n) is 2.04. The van der Waals surface area contributed by atoms with Crippen LogP contribution in [-0.4, -0.2) is 5.78 Å². The molecule has 0 aromatic carbocycles. The van der Waals surface area contributed by atoms with Crippen LogP contribution in [0.2, 0.25) is 0 Å². The molecule has 1 atom stereocenters. The van der Waals surface area contributed by atoms with Crippen LogP contribution in [0.1, 0.15) is 32.1 Å². The molecule has 1 fully saturated rings. The van der Waals surface area contributed by atoms with Crippen molar-refractivity contribution in [2.45, 2.75) is 32.1 Å². The summed E-state index contributed by atoms with van der Waals surface area (Å²) < 4.78 is 0. The van der Waals surface area contributed by atoms with Gasteiger partial charge in [-0.2, -0.15) is 0 Å². The molecule has 0 saturated heterocycles. The van der Waals surface area contributed by atoms with E-state index < -0.39 is 0 Å². The maximum atomic E-state index is 10.9. The van der Waals surface area contributed by atoms with E-state index in [1.807, 2.05) is 6.08 Å². The van der Waals surface area contributed by atoms with Crippen molar-refractivity contribution < 1.29 is 4.79 Å². The van der Waals surface area contributed by atoms with Gasteiger partial charge >= 0.3 is 0 Å². The number of hydrogen-bond donors (Lipinski definition) is 0. The third-order valence-corrected chi connectivity index (χ3v) is 2.59. The molecule has 0 bridgehead atoms. The van der Waals surface area contributed by atoms with Crippen LogP contribution < -0.4 is 0 Å². The largest absolute Gasteiger partial charge is 0.295 e. The van der Waals surface area contributed by atoms with Crippen LogP contribution in [0, 0.1) is 5.92 Å². The summed E-state index contributed by atoms with van der Waals surface area (Å²) >= 11 is 0. The summed E-state index contributed by atoms with van der Waals surface area (Å²) in [6.07, 6.45) is 7.78. The van der Waals surface area contributed by atoms with Crippen LogP contribution in [0.25, 0.3) is 0 Å². The Labute approximate surface area is 61.1 Å². The molecule has 0 amide bonds. The molecule has 54 valence electrons. The molecule has 0 aromatic rings. The first-order chi connectivity index (χ1) is 4.86. The minimum atomic E-state index is 0.363. The van der Waals surface area contributed by atoms with E-state index in [0.717, 1.165) is 6.42 Å². The Morgan fingerprint density at radius 2 is 2.30 bits per heavy atom. The Hall–Kier alpha value is -0.590. The molecule has 10 heavy (non-hydrogen) atoms. The molecule has 1 heteroatoms. The van der Waals surface area contributed by atoms with Crippen molar-refractivity contribution in [1.82, 2.24) is 0 Å². The van der Waals surface area contributed by atoms with Gasteiger partial charge in [0.15, 0.2) is 5.78 Å². The van der Waals surface area contributed by atoms with E-state index in [-0.39, 0.29) is 0 Å². The zero-order chi connectivity index (χ0) is 6.97. The number of carbonyl (C=O) groups excluding carboxylic acids is 1. The highest BCUT2D eigenvalue weighted by Gasteiger charge is 2.26. The molecule has 1 nitrogen and oxygen atoms in total. The molecule has 0 heterocycles. The standard InChI is InChI=1S/C9H12O/c10-9-5-7-3-1-2-4-8(7)6-9/h5,8H,1-4,6H2/t8-/m0/s1. The van der Waals surface area contributed by atoms with E-state index >= 15 is 0 Å². The van der Waals surface area contributed by atoms with Gasteiger partial charge in [-0.3, -0.25) is 4.79 Å². The van der Waals surface area contributed by atoms with Gasteiger partial charge in [-0.1, -0.05) is 12.0 Å². The van der Waals surface area contributed by atoms with Crippen LogP contribution in [-0.2, 0) is 4.79 Å². The molecule has 2 aliphatic rings. The molecule has 2 aliphatic carbocycles. The van der Waals surface area contributed by atoms with E-state index in [0.29, 0.717) is 11.7 Å². The van der Waals surface area contributed by atoms with Crippen LogP contribution in [0.3, 0.4) is 0 Å². The van der Waals surface area contributed by atoms with Gasteiger partial charge in [0, 0.05) is 6.42 Å². The van der Waals surface area contributed by atoms with Crippen molar-refractivity contribution in [2.24, 2.45) is 5.92 Å². The van der Waals surface area contributed by atoms with E-state index in [4.69, 9.17) is 0 Å². The Morgan fingerprint density at radius 1 is 1.40 bits per heavy atom. The van der Waals surface area contributed by atoms with Crippen molar-refractivity contribution in [3.05, 3.63) is 11.6 Å². The maximum Gasteiger partial charge on any atom is 0.156 e. The predicted octanol–water partition coefficient (Wildman–Crippen LogP) is 2.08. The van der Waals surface area contributed by atoms with Gasteiger partial charge in [0.2, 0.25) is 0 Å². The average Bonchev–Trinajstić information content (AvgIpc) is 2.27. The second kappa shape index (κ2) is 2.22. The monoisotopic (exact) mass is 136 g/mol. The zero-order valence-corrected chi connectivity index (χ0v) is 6.10. The van der Waals surface area contributed by atoms with E-state index in [9.17, 15) is 4.79 Å². The van der Waals surface area contributed by atoms with Crippen LogP contribution >= 0.6 is 0 Å². The number of carbonyl (C=O) groups is 1. The van der Waals surface area contributed by atoms with Gasteiger partial charge in [-0.05, 0) is 31.3 Å². The Bertz CT molecular complexity index is 191. The van der Waals surface area contributed by atoms with Gasteiger partial charge in [0.05, 0.1) is 0 Å². The third-order valence-electron chi connectivity index (χ3n) is 2.59. The highest BCUT2D eigenvalue weighted by Crippen LogP contribution is 2.35. The summed E-state index contributed by atoms with van der Waals surface area (Å²) in [5.74, 6) is 1.02. The topological polar surface area (TPSA) is 17.1 Å². The SMILES string of the molecule is O=C1C=C2CCCC[C@H]2C1. The normalized spacial score (nSPS) is 31.8. The van der Waals surface area contributed by atoms with Gasteiger partial charge in [-0.25, -0.2) is 0 Å². The first kappa shape index (κ1) is 6.14. The summed E-state index contributed by atoms with van der Waals surface area (Å²) in [5, 5.41) is 0. The summed E-state index contributed by atoms with van der Waals surface area (Å²) in [5.41, 5.74) is 1.44. The Kier molecular flexibility index (Phi) is 1.37. The van der Waals surface area contributed by atoms with Crippen molar-refractivity contribution in [1.29, 1.82) is 0 Å². The summed E-state index contributed by atoms with van der Waals surface area (Å²) in [4.78, 5) is 10.9. The van der Waals surface area contributed by atoms with Crippen molar-refractivity contribution in [3.63, 3.8) is 0 Å². The number of allylic oxidation sites excluding steroid dienone is 2. The predicted molar refractivity (Wildman–Crippen MR) is 39.7 cm³/mol. The molecule has 0 aromatic heterocycles. The fourth-order valence-corrected chi connectivity index (χ4v) is 2.04. The molecular weight excluding hydrogens is 124 g/mol. The summed E-state index contributed by atoms with van der Waals surface area (Å²) in [6, 6.07) is 0. The highest BCUT2D eigenvalue weighted by molar-refractivity contribution is 5.93. The molecule has 0 spiro atoms. The molecule has 0 aliphatic heterocycles. The van der Waals surface area contributed by atoms with E-state index in [1.165, 1.54) is 31.3 Å². The van der Waals surface area contributed by atoms with Gasteiger partial charge in [0.1, 0.15) is 0 Å². The maximum absolute atomic E-state index is 10.9. The zero-order valence-electron chi connectivity index (χ0n) is 6.10. The molecular formula is C9H12O. The fraction of sp³-hybridized carbons (Fsp3) is 0.667. The smallest absolute Gasteiger partial charge is 0.156 e. The number of rotatable bonds is 0. The van der Waals surface area contributed by atoms with Gasteiger partial charge in [-0.15, -0.1) is 0 Å². The van der Waals surface area contributed by atoms with Crippen molar-refractivity contribution in [3.8, 4) is 0 Å². The molecule has 1 saturated carbocycles. The van der Waals surface area contributed by atoms with E-state index in [2.05, 4.69) is 0 Å². The van der Waals surface area contributed by atoms with Crippen molar-refractivity contribution >= 4 is 5.78 Å². The second-order valence-electron chi connectivity index (χ2n) is 3.33. The minimum absolute atomic E-state index is 0.363. The van der Waals surface area contributed by atoms with E-state index in [1.54, 1.807) is 0 Å². The molecule has 0 unspecified atom stereocenters. The Morgan fingerprint density at radius 3 is 3.10 bits per heavy atom. The lowest BCUT2D eigenvalue weighted by Crippen LogP contribution is -2.05. The first-order valence-corrected chi connectivity index (χ1v) is 4.09. The lowest BCUT2D eigenvalue weighted by atomic mass is 9.86. The van der Waals surface area contributed by atoms with Crippen LogP contribution in [0.5, 0.6) is 0 Å². The summed E-state index contributed by atoms with van der Waals surface area (Å²) in [6.45, 7) is 0. The summed E-state index contributed by atoms with van der Waals surface area (Å²) in [7, 11) is 0. The average molecular weight is 136 g/mol. The number of hydrogen-bond acceptors (Lipinski definition) is 1. The van der Waals surface area contributed by atoms with Crippen molar-refractivity contribution in [2.75, 3.05) is 0 Å². The number of ketones is 1. The van der Waals surface area contributed by atoms with Crippen LogP contribution in [0.4, 0.5) is 0 Å². The van der Waals surface area contributed by atoms with Gasteiger partial charge in [0.25, 0.3) is 0 Å². The molecule has 2 rings (SSSR count). The molecule has 0 N–H and O–H groups in total. The van der Waals surface area contributed by atoms with Crippen LogP contribution in [0.15, 0.2) is 11.6 Å².